The summed E-state index contributed by atoms with van der Waals surface area (Å²) in [5.74, 6) is -0.00117. The number of aromatic nitrogens is 4. The number of nitrogens with two attached hydrogens (primary N) is 1. The van der Waals surface area contributed by atoms with Gasteiger partial charge in [-0.05, 0) is 51.7 Å². The van der Waals surface area contributed by atoms with Crippen LogP contribution in [0.3, 0.4) is 0 Å². The van der Waals surface area contributed by atoms with Crippen LogP contribution in [0.1, 0.15) is 56.8 Å². The lowest BCUT2D eigenvalue weighted by atomic mass is 10.0. The Balaban J connectivity index is 1.54. The molecule has 10 heteroatoms. The van der Waals surface area contributed by atoms with E-state index >= 15 is 0 Å². The number of nitriles is 1. The topological polar surface area (TPSA) is 144 Å². The quantitative estimate of drug-likeness (QED) is 0.417. The second kappa shape index (κ2) is 9.18. The van der Waals surface area contributed by atoms with Crippen molar-refractivity contribution in [2.75, 3.05) is 0 Å². The summed E-state index contributed by atoms with van der Waals surface area (Å²) in [4.78, 5) is 34.1. The van der Waals surface area contributed by atoms with Crippen LogP contribution in [0, 0.1) is 18.3 Å². The predicted octanol–water partition coefficient (Wildman–Crippen LogP) is 2.87. The van der Waals surface area contributed by atoms with E-state index in [4.69, 9.17) is 11.0 Å². The van der Waals surface area contributed by atoms with E-state index in [0.29, 0.717) is 16.9 Å². The fourth-order valence-corrected chi connectivity index (χ4v) is 3.95. The van der Waals surface area contributed by atoms with Crippen molar-refractivity contribution in [2.45, 2.75) is 58.2 Å². The lowest BCUT2D eigenvalue weighted by Gasteiger charge is -2.18. The molecule has 0 bridgehead atoms. The maximum Gasteiger partial charge on any atom is 0.287 e. The SMILES string of the molecule is Cc1cnn(C(C)C)c1/N=C(\N)C(=O)NC1(c2ccc(-c3cncn([C@@H](C)C#N)c3=O)cc2)CC1. The van der Waals surface area contributed by atoms with Crippen LogP contribution in [-0.2, 0) is 10.3 Å². The highest BCUT2D eigenvalue weighted by Gasteiger charge is 2.46. The zero-order valence-electron chi connectivity index (χ0n) is 20.2. The van der Waals surface area contributed by atoms with Gasteiger partial charge < -0.3 is 11.1 Å². The lowest BCUT2D eigenvalue weighted by Crippen LogP contribution is -2.42. The molecule has 1 amide bonds. The third kappa shape index (κ3) is 4.57. The molecule has 1 aromatic carbocycles. The maximum atomic E-state index is 12.9. The average Bonchev–Trinajstić information content (AvgIpc) is 3.54. The second-order valence-electron chi connectivity index (χ2n) is 9.12. The van der Waals surface area contributed by atoms with Crippen molar-refractivity contribution in [1.29, 1.82) is 5.26 Å². The van der Waals surface area contributed by atoms with Gasteiger partial charge in [0.05, 0.1) is 29.7 Å². The van der Waals surface area contributed by atoms with Gasteiger partial charge in [-0.15, -0.1) is 0 Å². The molecule has 1 atom stereocenters. The monoisotopic (exact) mass is 472 g/mol. The number of aryl methyl sites for hydroxylation is 1. The van der Waals surface area contributed by atoms with E-state index in [1.165, 1.54) is 17.1 Å². The summed E-state index contributed by atoms with van der Waals surface area (Å²) in [6, 6.07) is 8.93. The van der Waals surface area contributed by atoms with Gasteiger partial charge in [-0.1, -0.05) is 24.3 Å². The molecule has 10 nitrogen and oxygen atoms in total. The second-order valence-corrected chi connectivity index (χ2v) is 9.12. The van der Waals surface area contributed by atoms with Gasteiger partial charge in [0.2, 0.25) is 0 Å². The van der Waals surface area contributed by atoms with Crippen molar-refractivity contribution in [3.8, 4) is 17.2 Å². The third-order valence-electron chi connectivity index (χ3n) is 6.21. The first-order valence-electron chi connectivity index (χ1n) is 11.4. The summed E-state index contributed by atoms with van der Waals surface area (Å²) in [7, 11) is 0. The fourth-order valence-electron chi connectivity index (χ4n) is 3.95. The number of hydrogen-bond acceptors (Lipinski definition) is 6. The van der Waals surface area contributed by atoms with Crippen molar-refractivity contribution in [3.05, 3.63) is 64.5 Å². The van der Waals surface area contributed by atoms with E-state index in [2.05, 4.69) is 20.4 Å². The van der Waals surface area contributed by atoms with Gasteiger partial charge in [0.25, 0.3) is 11.5 Å². The largest absolute Gasteiger partial charge is 0.379 e. The molecule has 2 aromatic heterocycles. The maximum absolute atomic E-state index is 12.9. The highest BCUT2D eigenvalue weighted by Crippen LogP contribution is 2.45. The summed E-state index contributed by atoms with van der Waals surface area (Å²) >= 11 is 0. The first kappa shape index (κ1) is 23.9. The van der Waals surface area contributed by atoms with Crippen molar-refractivity contribution < 1.29 is 4.79 Å². The number of hydrogen-bond donors (Lipinski definition) is 2. The molecule has 1 fully saturated rings. The van der Waals surface area contributed by atoms with Crippen LogP contribution in [0.4, 0.5) is 5.82 Å². The van der Waals surface area contributed by atoms with E-state index in [0.717, 1.165) is 24.0 Å². The van der Waals surface area contributed by atoms with E-state index < -0.39 is 17.5 Å². The van der Waals surface area contributed by atoms with E-state index in [1.54, 1.807) is 17.8 Å². The smallest absolute Gasteiger partial charge is 0.287 e. The fraction of sp³-hybridized carbons (Fsp3) is 0.360. The normalized spacial score (nSPS) is 15.5. The van der Waals surface area contributed by atoms with E-state index in [9.17, 15) is 9.59 Å². The predicted molar refractivity (Wildman–Crippen MR) is 132 cm³/mol. The summed E-state index contributed by atoms with van der Waals surface area (Å²) in [5, 5.41) is 16.5. The van der Waals surface area contributed by atoms with Crippen LogP contribution in [0.5, 0.6) is 0 Å². The van der Waals surface area contributed by atoms with Gasteiger partial charge in [-0.25, -0.2) is 14.7 Å². The number of nitrogens with zero attached hydrogens (tertiary/aromatic N) is 6. The number of nitrogens with one attached hydrogen (secondary N) is 1. The number of benzene rings is 1. The molecule has 0 saturated heterocycles. The molecule has 1 aliphatic rings. The number of carbonyl (C=O) groups excluding carboxylic acids is 1. The van der Waals surface area contributed by atoms with Crippen LogP contribution in [0.2, 0.25) is 0 Å². The average molecular weight is 473 g/mol. The van der Waals surface area contributed by atoms with Crippen molar-refractivity contribution in [3.63, 3.8) is 0 Å². The molecule has 0 unspecified atom stereocenters. The molecule has 3 aromatic rings. The van der Waals surface area contributed by atoms with Crippen LogP contribution in [0.25, 0.3) is 11.1 Å². The van der Waals surface area contributed by atoms with Gasteiger partial charge >= 0.3 is 0 Å². The van der Waals surface area contributed by atoms with Crippen LogP contribution < -0.4 is 16.6 Å². The zero-order chi connectivity index (χ0) is 25.3. The first-order valence-corrected chi connectivity index (χ1v) is 11.4. The third-order valence-corrected chi connectivity index (χ3v) is 6.21. The molecule has 0 aliphatic heterocycles. The minimum Gasteiger partial charge on any atom is -0.379 e. The molecular weight excluding hydrogens is 444 g/mol. The molecule has 180 valence electrons. The number of rotatable bonds is 6. The molecule has 0 spiro atoms. The molecular formula is C25H28N8O2. The minimum absolute atomic E-state index is 0.0821. The van der Waals surface area contributed by atoms with Gasteiger partial charge in [0.15, 0.2) is 11.7 Å². The van der Waals surface area contributed by atoms with E-state index in [-0.39, 0.29) is 17.4 Å². The van der Waals surface area contributed by atoms with Gasteiger partial charge in [-0.3, -0.25) is 14.2 Å². The summed E-state index contributed by atoms with van der Waals surface area (Å²) in [6.07, 6.45) is 6.10. The lowest BCUT2D eigenvalue weighted by molar-refractivity contribution is -0.115. The highest BCUT2D eigenvalue weighted by atomic mass is 16.2. The Labute approximate surface area is 203 Å². The Bertz CT molecular complexity index is 1390. The Morgan fingerprint density at radius 3 is 2.51 bits per heavy atom. The summed E-state index contributed by atoms with van der Waals surface area (Å²) in [5.41, 5.74) is 8.10. The Kier molecular flexibility index (Phi) is 6.26. The molecule has 0 radical (unpaired) electrons. The zero-order valence-corrected chi connectivity index (χ0v) is 20.2. The number of carbonyl (C=O) groups is 1. The molecule has 4 rings (SSSR count). The van der Waals surface area contributed by atoms with Gasteiger partial charge in [0.1, 0.15) is 6.04 Å². The van der Waals surface area contributed by atoms with Crippen LogP contribution >= 0.6 is 0 Å². The molecule has 3 N–H and O–H groups in total. The number of amides is 1. The van der Waals surface area contributed by atoms with E-state index in [1.807, 2.05) is 51.1 Å². The first-order chi connectivity index (χ1) is 16.7. The Morgan fingerprint density at radius 1 is 1.23 bits per heavy atom. The van der Waals surface area contributed by atoms with Crippen LogP contribution in [-0.4, -0.2) is 31.1 Å². The van der Waals surface area contributed by atoms with Crippen molar-refractivity contribution in [1.82, 2.24) is 24.6 Å². The van der Waals surface area contributed by atoms with Gasteiger partial charge in [0, 0.05) is 17.8 Å². The van der Waals surface area contributed by atoms with Crippen LogP contribution in [0.15, 0.2) is 52.8 Å². The van der Waals surface area contributed by atoms with Crippen molar-refractivity contribution >= 4 is 17.6 Å². The molecule has 1 saturated carbocycles. The summed E-state index contributed by atoms with van der Waals surface area (Å²) in [6.45, 7) is 7.48. The Morgan fingerprint density at radius 2 is 1.91 bits per heavy atom. The molecule has 2 heterocycles. The molecule has 1 aliphatic carbocycles. The minimum atomic E-state index is -0.616. The van der Waals surface area contributed by atoms with Gasteiger partial charge in [-0.2, -0.15) is 10.4 Å². The standard InChI is InChI=1S/C25H28N8O2/c1-15(2)33-22(16(3)12-29-33)30-21(27)23(34)31-25(9-10-25)19-7-5-18(6-8-19)20-13-28-14-32(24(20)35)17(4)11-26/h5-8,12-15,17H,9-10H2,1-4H3,(H2,27,30)(H,31,34)/t17-/m0/s1. The molecule has 35 heavy (non-hydrogen) atoms. The van der Waals surface area contributed by atoms with Crippen molar-refractivity contribution in [2.24, 2.45) is 10.7 Å². The number of amidine groups is 1. The number of aliphatic imine (C=N–C) groups is 1. The summed E-state index contributed by atoms with van der Waals surface area (Å²) < 4.78 is 3.03. The highest BCUT2D eigenvalue weighted by molar-refractivity contribution is 6.37. The Hall–Kier alpha value is -4.26.